The molecule has 0 spiro atoms. The maximum atomic E-state index is 12.7. The van der Waals surface area contributed by atoms with Gasteiger partial charge < -0.3 is 10.6 Å². The highest BCUT2D eigenvalue weighted by Gasteiger charge is 2.55. The van der Waals surface area contributed by atoms with Gasteiger partial charge in [0.05, 0.1) is 5.41 Å². The number of amides is 1. The molecule has 0 radical (unpaired) electrons. The van der Waals surface area contributed by atoms with Crippen LogP contribution in [0.2, 0.25) is 0 Å². The van der Waals surface area contributed by atoms with Crippen molar-refractivity contribution in [2.45, 2.75) is 51.0 Å². The maximum absolute atomic E-state index is 12.7. The molecule has 0 heterocycles. The molecule has 3 heteroatoms. The van der Waals surface area contributed by atoms with E-state index in [1.807, 2.05) is 0 Å². The van der Waals surface area contributed by atoms with E-state index in [0.29, 0.717) is 18.5 Å². The van der Waals surface area contributed by atoms with Gasteiger partial charge in [-0.1, -0.05) is 0 Å². The van der Waals surface area contributed by atoms with E-state index in [9.17, 15) is 4.79 Å². The van der Waals surface area contributed by atoms with Gasteiger partial charge in [0.1, 0.15) is 0 Å². The smallest absolute Gasteiger partial charge is 0.230 e. The normalized spacial score (nSPS) is 45.3. The minimum Gasteiger partial charge on any atom is -0.342 e. The van der Waals surface area contributed by atoms with Crippen molar-refractivity contribution >= 4 is 5.91 Å². The Morgan fingerprint density at radius 3 is 2.05 bits per heavy atom. The molecule has 0 aliphatic heterocycles. The van der Waals surface area contributed by atoms with Crippen LogP contribution in [0.25, 0.3) is 0 Å². The third kappa shape index (κ3) is 1.70. The molecule has 5 aliphatic rings. The molecule has 1 amide bonds. The van der Waals surface area contributed by atoms with Gasteiger partial charge >= 0.3 is 0 Å². The van der Waals surface area contributed by atoms with Crippen molar-refractivity contribution in [1.82, 2.24) is 4.90 Å². The average Bonchev–Trinajstić information content (AvgIpc) is 3.17. The Bertz CT molecular complexity index is 374. The van der Waals surface area contributed by atoms with E-state index in [-0.39, 0.29) is 5.41 Å². The Kier molecular flexibility index (Phi) is 2.55. The van der Waals surface area contributed by atoms with Gasteiger partial charge in [-0.3, -0.25) is 4.79 Å². The molecule has 3 nitrogen and oxygen atoms in total. The third-order valence-corrected chi connectivity index (χ3v) is 6.64. The number of hydrogen-bond donors (Lipinski definition) is 1. The van der Waals surface area contributed by atoms with Crippen LogP contribution < -0.4 is 5.73 Å². The second-order valence-electron chi connectivity index (χ2n) is 7.82. The van der Waals surface area contributed by atoms with Gasteiger partial charge in [-0.25, -0.2) is 0 Å². The molecule has 5 rings (SSSR count). The lowest BCUT2D eigenvalue weighted by molar-refractivity contribution is -0.146. The molecule has 0 saturated heterocycles. The Labute approximate surface area is 115 Å². The summed E-state index contributed by atoms with van der Waals surface area (Å²) in [6, 6.07) is 0.532. The SMILES string of the molecule is CN(C(=O)C1(CN)CC1)C1C2CC3CC(C2)CC1C3. The number of hydrogen-bond acceptors (Lipinski definition) is 2. The van der Waals surface area contributed by atoms with Crippen LogP contribution in [-0.4, -0.2) is 30.4 Å². The molecule has 0 aromatic heterocycles. The summed E-state index contributed by atoms with van der Waals surface area (Å²) in [5.74, 6) is 3.89. The molecule has 19 heavy (non-hydrogen) atoms. The molecule has 2 N–H and O–H groups in total. The molecule has 0 unspecified atom stereocenters. The zero-order chi connectivity index (χ0) is 13.2. The first-order valence-electron chi connectivity index (χ1n) is 8.10. The summed E-state index contributed by atoms with van der Waals surface area (Å²) in [5, 5.41) is 0. The van der Waals surface area contributed by atoms with Gasteiger partial charge in [0, 0.05) is 19.6 Å². The lowest BCUT2D eigenvalue weighted by atomic mass is 9.54. The molecular formula is C16H26N2O. The molecule has 5 fully saturated rings. The van der Waals surface area contributed by atoms with Gasteiger partial charge in [-0.05, 0) is 68.6 Å². The maximum Gasteiger partial charge on any atom is 0.230 e. The van der Waals surface area contributed by atoms with E-state index >= 15 is 0 Å². The lowest BCUT2D eigenvalue weighted by Crippen LogP contribution is -2.57. The Morgan fingerprint density at radius 1 is 1.11 bits per heavy atom. The number of carbonyl (C=O) groups is 1. The van der Waals surface area contributed by atoms with Crippen LogP contribution in [-0.2, 0) is 4.79 Å². The lowest BCUT2D eigenvalue weighted by Gasteiger charge is -2.56. The predicted molar refractivity (Wildman–Crippen MR) is 74.3 cm³/mol. The van der Waals surface area contributed by atoms with Crippen LogP contribution in [0.5, 0.6) is 0 Å². The average molecular weight is 262 g/mol. The molecule has 0 aromatic rings. The van der Waals surface area contributed by atoms with Crippen LogP contribution in [0.4, 0.5) is 0 Å². The number of rotatable bonds is 3. The molecule has 0 atom stereocenters. The summed E-state index contributed by atoms with van der Waals surface area (Å²) in [4.78, 5) is 14.9. The summed E-state index contributed by atoms with van der Waals surface area (Å²) in [5.41, 5.74) is 5.67. The van der Waals surface area contributed by atoms with Crippen LogP contribution in [0.3, 0.4) is 0 Å². The summed E-state index contributed by atoms with van der Waals surface area (Å²) in [6.45, 7) is 0.545. The van der Waals surface area contributed by atoms with Crippen molar-refractivity contribution in [3.63, 3.8) is 0 Å². The highest BCUT2D eigenvalue weighted by molar-refractivity contribution is 5.85. The van der Waals surface area contributed by atoms with Crippen LogP contribution in [0, 0.1) is 29.1 Å². The van der Waals surface area contributed by atoms with Gasteiger partial charge in [0.25, 0.3) is 0 Å². The molecule has 106 valence electrons. The molecular weight excluding hydrogens is 236 g/mol. The molecule has 0 aromatic carbocycles. The minimum absolute atomic E-state index is 0.163. The molecule has 4 bridgehead atoms. The Hall–Kier alpha value is -0.570. The van der Waals surface area contributed by atoms with E-state index in [1.165, 1.54) is 32.1 Å². The van der Waals surface area contributed by atoms with Crippen molar-refractivity contribution in [2.75, 3.05) is 13.6 Å². The summed E-state index contributed by atoms with van der Waals surface area (Å²) in [6.07, 6.45) is 9.02. The van der Waals surface area contributed by atoms with Crippen molar-refractivity contribution in [3.05, 3.63) is 0 Å². The van der Waals surface area contributed by atoms with Crippen molar-refractivity contribution < 1.29 is 4.79 Å². The van der Waals surface area contributed by atoms with Crippen LogP contribution in [0.1, 0.15) is 44.9 Å². The minimum atomic E-state index is -0.163. The first-order chi connectivity index (χ1) is 9.13. The number of nitrogens with zero attached hydrogens (tertiary/aromatic N) is 1. The fourth-order valence-electron chi connectivity index (χ4n) is 5.69. The fourth-order valence-corrected chi connectivity index (χ4v) is 5.69. The molecule has 5 saturated carbocycles. The van der Waals surface area contributed by atoms with E-state index in [1.54, 1.807) is 0 Å². The van der Waals surface area contributed by atoms with E-state index < -0.39 is 0 Å². The van der Waals surface area contributed by atoms with Gasteiger partial charge in [0.2, 0.25) is 5.91 Å². The second-order valence-corrected chi connectivity index (χ2v) is 7.82. The van der Waals surface area contributed by atoms with Crippen LogP contribution in [0.15, 0.2) is 0 Å². The number of nitrogens with two attached hydrogens (primary N) is 1. The monoisotopic (exact) mass is 262 g/mol. The Morgan fingerprint density at radius 2 is 1.63 bits per heavy atom. The summed E-state index contributed by atoms with van der Waals surface area (Å²) < 4.78 is 0. The van der Waals surface area contributed by atoms with Crippen molar-refractivity contribution in [3.8, 4) is 0 Å². The Balaban J connectivity index is 1.54. The zero-order valence-electron chi connectivity index (χ0n) is 12.0. The van der Waals surface area contributed by atoms with Crippen molar-refractivity contribution in [1.29, 1.82) is 0 Å². The van der Waals surface area contributed by atoms with E-state index in [4.69, 9.17) is 5.73 Å². The van der Waals surface area contributed by atoms with Gasteiger partial charge in [0.15, 0.2) is 0 Å². The van der Waals surface area contributed by atoms with Gasteiger partial charge in [-0.15, -0.1) is 0 Å². The fraction of sp³-hybridized carbons (Fsp3) is 0.938. The largest absolute Gasteiger partial charge is 0.342 e. The van der Waals surface area contributed by atoms with E-state index in [0.717, 1.165) is 36.5 Å². The third-order valence-electron chi connectivity index (χ3n) is 6.64. The first-order valence-corrected chi connectivity index (χ1v) is 8.10. The van der Waals surface area contributed by atoms with Gasteiger partial charge in [-0.2, -0.15) is 0 Å². The van der Waals surface area contributed by atoms with Crippen molar-refractivity contribution in [2.24, 2.45) is 34.8 Å². The topological polar surface area (TPSA) is 46.3 Å². The summed E-state index contributed by atoms with van der Waals surface area (Å²) in [7, 11) is 2.06. The highest BCUT2D eigenvalue weighted by atomic mass is 16.2. The predicted octanol–water partition coefficient (Wildman–Crippen LogP) is 2.01. The van der Waals surface area contributed by atoms with Crippen LogP contribution >= 0.6 is 0 Å². The quantitative estimate of drug-likeness (QED) is 0.845. The molecule has 5 aliphatic carbocycles. The zero-order valence-corrected chi connectivity index (χ0v) is 12.0. The summed E-state index contributed by atoms with van der Waals surface area (Å²) >= 11 is 0. The second kappa shape index (κ2) is 3.97. The first kappa shape index (κ1) is 12.2. The number of carbonyl (C=O) groups excluding carboxylic acids is 1. The van der Waals surface area contributed by atoms with E-state index in [2.05, 4.69) is 11.9 Å². The highest BCUT2D eigenvalue weighted by Crippen LogP contribution is 2.56. The standard InChI is InChI=1S/C16H26N2O/c1-18(15(19)16(9-17)2-3-16)14-12-5-10-4-11(7-12)8-13(14)6-10/h10-14H,2-9,17H2,1H3.